The Kier molecular flexibility index (Phi) is 10.1. The Balaban J connectivity index is 1.23. The molecule has 1 unspecified atom stereocenters. The second-order valence-corrected chi connectivity index (χ2v) is 14.3. The van der Waals surface area contributed by atoms with Crippen LogP contribution < -0.4 is 16.0 Å². The van der Waals surface area contributed by atoms with Crippen LogP contribution in [0.1, 0.15) is 88.0 Å². The number of amides is 4. The number of carboxylic acids is 1. The number of nitrogens with one attached hydrogen (secondary N) is 3. The number of carbonyl (C=O) groups is 5. The number of aromatic carboxylic acids is 1. The van der Waals surface area contributed by atoms with Crippen molar-refractivity contribution in [2.24, 2.45) is 0 Å². The molecular weight excluding hydrogens is 834 g/mol. The van der Waals surface area contributed by atoms with Crippen molar-refractivity contribution in [2.75, 3.05) is 18.4 Å². The predicted octanol–water partition coefficient (Wildman–Crippen LogP) is 5.43. The van der Waals surface area contributed by atoms with E-state index in [0.29, 0.717) is 34.6 Å². The smallest absolute Gasteiger partial charge is 0.471 e. The molecule has 3 aromatic carbocycles. The number of para-hydroxylation sites is 1. The minimum absolute atomic E-state index is 0.0745. The Morgan fingerprint density at radius 1 is 0.927 bits per heavy atom. The number of carboxylic acid groups (broad SMARTS) is 1. The van der Waals surface area contributed by atoms with Crippen LogP contribution in [0.15, 0.2) is 72.9 Å². The molecule has 0 bridgehead atoms. The summed E-state index contributed by atoms with van der Waals surface area (Å²) < 4.78 is 42.8. The lowest BCUT2D eigenvalue weighted by molar-refractivity contribution is -0.188. The Labute approximate surface area is 324 Å². The van der Waals surface area contributed by atoms with Crippen LogP contribution in [0.5, 0.6) is 0 Å². The highest BCUT2D eigenvalue weighted by molar-refractivity contribution is 14.1. The number of halogens is 4. The van der Waals surface area contributed by atoms with Gasteiger partial charge in [0.25, 0.3) is 17.7 Å². The zero-order valence-electron chi connectivity index (χ0n) is 28.9. The second-order valence-electron chi connectivity index (χ2n) is 13.1. The Morgan fingerprint density at radius 2 is 1.67 bits per heavy atom. The molecule has 7 rings (SSSR count). The lowest BCUT2D eigenvalue weighted by Gasteiger charge is -2.37. The first kappa shape index (κ1) is 37.5. The summed E-state index contributed by atoms with van der Waals surface area (Å²) in [4.78, 5) is 70.8. The first-order valence-corrected chi connectivity index (χ1v) is 18.2. The topological polar surface area (TPSA) is 175 Å². The van der Waals surface area contributed by atoms with Gasteiger partial charge in [0.15, 0.2) is 5.65 Å². The van der Waals surface area contributed by atoms with E-state index in [0.717, 1.165) is 30.8 Å². The monoisotopic (exact) mass is 865 g/mol. The number of hydrogen-bond donors (Lipinski definition) is 4. The number of fused-ring (bicyclic) bond motifs is 3. The highest BCUT2D eigenvalue weighted by Crippen LogP contribution is 2.36. The molecule has 282 valence electrons. The number of anilines is 1. The molecule has 0 saturated heterocycles. The van der Waals surface area contributed by atoms with E-state index in [1.165, 1.54) is 12.3 Å². The van der Waals surface area contributed by atoms with Gasteiger partial charge in [-0.2, -0.15) is 18.3 Å². The molecule has 2 atom stereocenters. The average molecular weight is 866 g/mol. The summed E-state index contributed by atoms with van der Waals surface area (Å²) in [5, 5.41) is 22.2. The summed E-state index contributed by atoms with van der Waals surface area (Å²) in [7, 11) is 0. The maximum atomic E-state index is 14.1. The van der Waals surface area contributed by atoms with Gasteiger partial charge in [-0.15, -0.1) is 0 Å². The minimum Gasteiger partial charge on any atom is -0.478 e. The maximum absolute atomic E-state index is 14.1. The summed E-state index contributed by atoms with van der Waals surface area (Å²) in [5.74, 6) is -5.30. The molecule has 17 heteroatoms. The molecule has 2 aromatic heterocycles. The Hall–Kier alpha value is -5.85. The normalized spacial score (nSPS) is 16.3. The number of alkyl halides is 3. The highest BCUT2D eigenvalue weighted by atomic mass is 127. The van der Waals surface area contributed by atoms with Gasteiger partial charge < -0.3 is 26.0 Å². The highest BCUT2D eigenvalue weighted by Gasteiger charge is 2.46. The first-order chi connectivity index (χ1) is 26.2. The number of rotatable bonds is 8. The van der Waals surface area contributed by atoms with E-state index in [2.05, 4.69) is 48.6 Å². The van der Waals surface area contributed by atoms with Gasteiger partial charge in [-0.05, 0) is 94.8 Å². The molecule has 0 spiro atoms. The fraction of sp³-hybridized carbons (Fsp3) is 0.237. The molecule has 4 amide bonds. The Morgan fingerprint density at radius 3 is 2.42 bits per heavy atom. The molecule has 1 aliphatic carbocycles. The number of hydrogen-bond acceptors (Lipinski definition) is 7. The number of aromatic nitrogens is 3. The predicted molar refractivity (Wildman–Crippen MR) is 200 cm³/mol. The van der Waals surface area contributed by atoms with Crippen LogP contribution in [-0.4, -0.2) is 73.5 Å². The van der Waals surface area contributed by atoms with Gasteiger partial charge in [-0.3, -0.25) is 19.2 Å². The molecule has 1 aliphatic heterocycles. The van der Waals surface area contributed by atoms with Gasteiger partial charge in [-0.25, -0.2) is 14.3 Å². The van der Waals surface area contributed by atoms with Crippen LogP contribution in [-0.2, 0) is 17.6 Å². The van der Waals surface area contributed by atoms with Crippen molar-refractivity contribution in [3.05, 3.63) is 127 Å². The van der Waals surface area contributed by atoms with Crippen molar-refractivity contribution in [3.63, 3.8) is 0 Å². The summed E-state index contributed by atoms with van der Waals surface area (Å²) in [6.45, 7) is 1.07. The van der Waals surface area contributed by atoms with Crippen molar-refractivity contribution in [1.29, 1.82) is 0 Å². The number of nitrogens with zero attached hydrogens (tertiary/aromatic N) is 4. The van der Waals surface area contributed by atoms with Gasteiger partial charge in [0.05, 0.1) is 29.5 Å². The van der Waals surface area contributed by atoms with Crippen molar-refractivity contribution in [2.45, 2.75) is 44.4 Å². The van der Waals surface area contributed by atoms with E-state index in [9.17, 15) is 42.3 Å². The molecule has 5 aromatic rings. The molecule has 0 saturated carbocycles. The van der Waals surface area contributed by atoms with Crippen molar-refractivity contribution < 1.29 is 42.3 Å². The lowest BCUT2D eigenvalue weighted by atomic mass is 9.92. The summed E-state index contributed by atoms with van der Waals surface area (Å²) >= 11 is 2.05. The van der Waals surface area contributed by atoms with Crippen LogP contribution in [0.3, 0.4) is 0 Å². The molecule has 55 heavy (non-hydrogen) atoms. The first-order valence-electron chi connectivity index (χ1n) is 17.1. The SMILES string of the molecule is Cc1c(C(=O)O)ccc2c1CC[C@@H]2NC(=O)c1cc(C(=O)NCC2c3ccccc3CCN2C(=O)C(F)(F)F)nc2c(C(=O)Nc3ccccc3I)cnn12. The van der Waals surface area contributed by atoms with Crippen molar-refractivity contribution in [3.8, 4) is 0 Å². The molecule has 3 heterocycles. The zero-order chi connectivity index (χ0) is 39.2. The quantitative estimate of drug-likeness (QED) is 0.150. The van der Waals surface area contributed by atoms with Gasteiger partial charge >= 0.3 is 18.1 Å². The lowest BCUT2D eigenvalue weighted by Crippen LogP contribution is -2.49. The van der Waals surface area contributed by atoms with E-state index in [1.54, 1.807) is 61.5 Å². The van der Waals surface area contributed by atoms with E-state index >= 15 is 0 Å². The van der Waals surface area contributed by atoms with Gasteiger partial charge in [0.2, 0.25) is 0 Å². The van der Waals surface area contributed by atoms with Gasteiger partial charge in [0, 0.05) is 22.7 Å². The van der Waals surface area contributed by atoms with Crippen LogP contribution in [0, 0.1) is 10.5 Å². The molecule has 2 aliphatic rings. The van der Waals surface area contributed by atoms with Gasteiger partial charge in [0.1, 0.15) is 17.0 Å². The molecular formula is C38H31F3IN7O6. The zero-order valence-corrected chi connectivity index (χ0v) is 31.1. The summed E-state index contributed by atoms with van der Waals surface area (Å²) in [6, 6.07) is 16.3. The number of benzene rings is 3. The minimum atomic E-state index is -5.14. The molecule has 13 nitrogen and oxygen atoms in total. The van der Waals surface area contributed by atoms with E-state index in [1.807, 2.05) is 0 Å². The largest absolute Gasteiger partial charge is 0.478 e. The third kappa shape index (κ3) is 7.22. The second kappa shape index (κ2) is 14.8. The van der Waals surface area contributed by atoms with Crippen LogP contribution in [0.2, 0.25) is 0 Å². The Bertz CT molecular complexity index is 2420. The van der Waals surface area contributed by atoms with Gasteiger partial charge in [-0.1, -0.05) is 42.5 Å². The summed E-state index contributed by atoms with van der Waals surface area (Å²) in [5.41, 5.74) is 3.24. The van der Waals surface area contributed by atoms with Crippen LogP contribution in [0.25, 0.3) is 5.65 Å². The van der Waals surface area contributed by atoms with Crippen molar-refractivity contribution >= 4 is 63.5 Å². The third-order valence-electron chi connectivity index (χ3n) is 9.90. The molecule has 4 N–H and O–H groups in total. The van der Waals surface area contributed by atoms with Crippen molar-refractivity contribution in [1.82, 2.24) is 30.1 Å². The summed E-state index contributed by atoms with van der Waals surface area (Å²) in [6.07, 6.45) is -2.77. The third-order valence-corrected chi connectivity index (χ3v) is 10.8. The maximum Gasteiger partial charge on any atom is 0.471 e. The molecule has 0 fully saturated rings. The number of carbonyl (C=O) groups excluding carboxylic acids is 4. The van der Waals surface area contributed by atoms with E-state index < -0.39 is 54.4 Å². The van der Waals surface area contributed by atoms with Crippen LogP contribution >= 0.6 is 22.6 Å². The van der Waals surface area contributed by atoms with E-state index in [4.69, 9.17) is 0 Å². The fourth-order valence-corrected chi connectivity index (χ4v) is 7.73. The average Bonchev–Trinajstić information content (AvgIpc) is 3.78. The van der Waals surface area contributed by atoms with E-state index in [-0.39, 0.29) is 41.1 Å². The van der Waals surface area contributed by atoms with Crippen LogP contribution in [0.4, 0.5) is 18.9 Å². The standard InChI is InChI=1S/C38H31F3IN7O6/c1-19-21-12-13-27(24(21)11-10-22(19)36(53)54)46-35(52)30-16-29(45-32-25(17-44-49(30)32)33(50)47-28-9-5-4-8-26(28)42)34(51)43-18-31-23-7-3-2-6-20(23)14-15-48(31)37(55)38(39,40)41/h2-11,16-17,27,31H,12-15,18H2,1H3,(H,43,51)(H,46,52)(H,47,50)(H,53,54)/t27-,31?/m0/s1. The fourth-order valence-electron chi connectivity index (χ4n) is 7.20. The molecule has 0 radical (unpaired) electrons.